The molecular weight excluding hydrogens is 400 g/mol. The van der Waals surface area contributed by atoms with Crippen molar-refractivity contribution in [2.45, 2.75) is 32.5 Å². The fourth-order valence-electron chi connectivity index (χ4n) is 2.73. The van der Waals surface area contributed by atoms with Crippen molar-refractivity contribution in [1.29, 1.82) is 0 Å². The molecule has 0 aliphatic rings. The Morgan fingerprint density at radius 3 is 1.97 bits per heavy atom. The Bertz CT molecular complexity index is 813. The number of carbonyl (C=O) groups is 3. The third-order valence-corrected chi connectivity index (χ3v) is 4.40. The lowest BCUT2D eigenvalue weighted by Crippen LogP contribution is -2.35. The molecule has 0 saturated carbocycles. The Kier molecular flexibility index (Phi) is 10.4. The van der Waals surface area contributed by atoms with Gasteiger partial charge in [0.15, 0.2) is 0 Å². The van der Waals surface area contributed by atoms with Gasteiger partial charge in [-0.15, -0.1) is 0 Å². The fraction of sp³-hybridized carbons (Fsp3) is 0.348. The fourth-order valence-corrected chi connectivity index (χ4v) is 2.73. The van der Waals surface area contributed by atoms with Gasteiger partial charge in [-0.05, 0) is 24.0 Å². The van der Waals surface area contributed by atoms with Crippen LogP contribution in [0.2, 0.25) is 0 Å². The molecule has 31 heavy (non-hydrogen) atoms. The Morgan fingerprint density at radius 2 is 1.39 bits per heavy atom. The van der Waals surface area contributed by atoms with Gasteiger partial charge in [-0.25, -0.2) is 9.59 Å². The molecule has 2 rings (SSSR count). The van der Waals surface area contributed by atoms with Gasteiger partial charge in [-0.3, -0.25) is 4.79 Å². The van der Waals surface area contributed by atoms with Crippen LogP contribution in [0.25, 0.3) is 0 Å². The zero-order valence-electron chi connectivity index (χ0n) is 17.4. The van der Waals surface area contributed by atoms with E-state index < -0.39 is 18.2 Å². The molecule has 0 aliphatic heterocycles. The highest BCUT2D eigenvalue weighted by Crippen LogP contribution is 2.06. The average Bonchev–Trinajstić information content (AvgIpc) is 2.79. The summed E-state index contributed by atoms with van der Waals surface area (Å²) in [6, 6.07) is 18.6. The summed E-state index contributed by atoms with van der Waals surface area (Å²) in [5, 5.41) is 11.6. The highest BCUT2D eigenvalue weighted by molar-refractivity contribution is 5.70. The monoisotopic (exact) mass is 428 g/mol. The predicted molar refractivity (Wildman–Crippen MR) is 114 cm³/mol. The number of carboxylic acid groups (broad SMARTS) is 1. The minimum atomic E-state index is -0.983. The highest BCUT2D eigenvalue weighted by atomic mass is 16.6. The van der Waals surface area contributed by atoms with Crippen molar-refractivity contribution in [3.8, 4) is 0 Å². The molecule has 0 unspecified atom stereocenters. The van der Waals surface area contributed by atoms with E-state index in [0.29, 0.717) is 25.9 Å². The summed E-state index contributed by atoms with van der Waals surface area (Å²) in [7, 11) is 0. The average molecular weight is 428 g/mol. The van der Waals surface area contributed by atoms with E-state index in [1.54, 1.807) is 0 Å². The third kappa shape index (κ3) is 10.2. The van der Waals surface area contributed by atoms with Gasteiger partial charge < -0.3 is 24.8 Å². The van der Waals surface area contributed by atoms with Crippen LogP contribution >= 0.6 is 0 Å². The van der Waals surface area contributed by atoms with Gasteiger partial charge in [0.2, 0.25) is 0 Å². The second kappa shape index (κ2) is 13.6. The zero-order chi connectivity index (χ0) is 22.3. The Labute approximate surface area is 181 Å². The van der Waals surface area contributed by atoms with Crippen LogP contribution in [0.15, 0.2) is 60.7 Å². The second-order valence-corrected chi connectivity index (χ2v) is 6.87. The van der Waals surface area contributed by atoms with E-state index >= 15 is 0 Å². The van der Waals surface area contributed by atoms with Crippen molar-refractivity contribution in [3.05, 3.63) is 71.8 Å². The van der Waals surface area contributed by atoms with Crippen molar-refractivity contribution in [3.63, 3.8) is 0 Å². The number of carbonyl (C=O) groups excluding carboxylic acids is 2. The number of hydrogen-bond donors (Lipinski definition) is 2. The van der Waals surface area contributed by atoms with Gasteiger partial charge in [0.25, 0.3) is 0 Å². The standard InChI is InChI=1S/C23H28N2O6/c26-21(27)13-16-25(23(29)31-18-20-11-5-2-6-12-20)15-8-7-14-24-22(28)30-17-19-9-3-1-4-10-19/h1-6,9-12H,7-8,13-18H2,(H,24,28)(H,26,27). The normalized spacial score (nSPS) is 10.2. The molecule has 8 nitrogen and oxygen atoms in total. The first-order valence-corrected chi connectivity index (χ1v) is 10.2. The van der Waals surface area contributed by atoms with E-state index in [2.05, 4.69) is 5.32 Å². The highest BCUT2D eigenvalue weighted by Gasteiger charge is 2.16. The van der Waals surface area contributed by atoms with E-state index in [1.165, 1.54) is 4.90 Å². The van der Waals surface area contributed by atoms with Crippen LogP contribution in [0.4, 0.5) is 9.59 Å². The smallest absolute Gasteiger partial charge is 0.410 e. The van der Waals surface area contributed by atoms with Crippen LogP contribution in [0.3, 0.4) is 0 Å². The van der Waals surface area contributed by atoms with E-state index in [-0.39, 0.29) is 26.2 Å². The van der Waals surface area contributed by atoms with Gasteiger partial charge in [0.1, 0.15) is 13.2 Å². The number of hydrogen-bond acceptors (Lipinski definition) is 5. The Balaban J connectivity index is 1.67. The predicted octanol–water partition coefficient (Wildman–Crippen LogP) is 3.81. The van der Waals surface area contributed by atoms with E-state index in [1.807, 2.05) is 60.7 Å². The first-order valence-electron chi connectivity index (χ1n) is 10.2. The summed E-state index contributed by atoms with van der Waals surface area (Å²) in [4.78, 5) is 36.3. The number of alkyl carbamates (subject to hydrolysis) is 1. The maximum Gasteiger partial charge on any atom is 0.410 e. The Morgan fingerprint density at radius 1 is 0.806 bits per heavy atom. The molecule has 0 fully saturated rings. The second-order valence-electron chi connectivity index (χ2n) is 6.87. The largest absolute Gasteiger partial charge is 0.481 e. The zero-order valence-corrected chi connectivity index (χ0v) is 17.4. The summed E-state index contributed by atoms with van der Waals surface area (Å²) in [6.45, 7) is 1.11. The molecule has 2 N–H and O–H groups in total. The number of ether oxygens (including phenoxy) is 2. The molecule has 2 amide bonds. The number of aliphatic carboxylic acids is 1. The molecule has 0 radical (unpaired) electrons. The lowest BCUT2D eigenvalue weighted by atomic mass is 10.2. The van der Waals surface area contributed by atoms with Crippen molar-refractivity contribution in [1.82, 2.24) is 10.2 Å². The van der Waals surface area contributed by atoms with Gasteiger partial charge in [0, 0.05) is 19.6 Å². The molecule has 0 saturated heterocycles. The van der Waals surface area contributed by atoms with Crippen molar-refractivity contribution >= 4 is 18.2 Å². The lowest BCUT2D eigenvalue weighted by molar-refractivity contribution is -0.137. The summed E-state index contributed by atoms with van der Waals surface area (Å²) >= 11 is 0. The van der Waals surface area contributed by atoms with E-state index in [0.717, 1.165) is 11.1 Å². The molecule has 0 aliphatic carbocycles. The number of rotatable bonds is 12. The van der Waals surface area contributed by atoms with Crippen LogP contribution in [-0.4, -0.2) is 47.8 Å². The van der Waals surface area contributed by atoms with E-state index in [9.17, 15) is 14.4 Å². The van der Waals surface area contributed by atoms with Gasteiger partial charge in [-0.2, -0.15) is 0 Å². The van der Waals surface area contributed by atoms with Crippen LogP contribution in [0.5, 0.6) is 0 Å². The van der Waals surface area contributed by atoms with Crippen molar-refractivity contribution < 1.29 is 29.0 Å². The molecule has 166 valence electrons. The first-order chi connectivity index (χ1) is 15.0. The maximum atomic E-state index is 12.3. The molecular formula is C23H28N2O6. The maximum absolute atomic E-state index is 12.3. The summed E-state index contributed by atoms with van der Waals surface area (Å²) in [6.07, 6.45) is -0.0337. The van der Waals surface area contributed by atoms with Crippen LogP contribution < -0.4 is 5.32 Å². The summed E-state index contributed by atoms with van der Waals surface area (Å²) in [5.41, 5.74) is 1.76. The van der Waals surface area contributed by atoms with Crippen LogP contribution in [0, 0.1) is 0 Å². The minimum Gasteiger partial charge on any atom is -0.481 e. The van der Waals surface area contributed by atoms with Crippen molar-refractivity contribution in [2.24, 2.45) is 0 Å². The summed E-state index contributed by atoms with van der Waals surface area (Å²) < 4.78 is 10.4. The molecule has 2 aromatic carbocycles. The third-order valence-electron chi connectivity index (χ3n) is 4.40. The van der Waals surface area contributed by atoms with Gasteiger partial charge in [-0.1, -0.05) is 60.7 Å². The number of unbranched alkanes of at least 4 members (excludes halogenated alkanes) is 1. The van der Waals surface area contributed by atoms with Gasteiger partial charge in [0.05, 0.1) is 6.42 Å². The quantitative estimate of drug-likeness (QED) is 0.498. The molecule has 2 aromatic rings. The van der Waals surface area contributed by atoms with Gasteiger partial charge >= 0.3 is 18.2 Å². The number of nitrogens with one attached hydrogen (secondary N) is 1. The topological polar surface area (TPSA) is 105 Å². The molecule has 0 heterocycles. The number of nitrogens with zero attached hydrogens (tertiary/aromatic N) is 1. The van der Waals surface area contributed by atoms with Crippen LogP contribution in [-0.2, 0) is 27.5 Å². The number of amides is 2. The summed E-state index contributed by atoms with van der Waals surface area (Å²) in [5.74, 6) is -0.983. The first kappa shape index (κ1) is 23.7. The molecule has 0 atom stereocenters. The molecule has 8 heteroatoms. The molecule has 0 bridgehead atoms. The van der Waals surface area contributed by atoms with Crippen molar-refractivity contribution in [2.75, 3.05) is 19.6 Å². The lowest BCUT2D eigenvalue weighted by Gasteiger charge is -2.21. The van der Waals surface area contributed by atoms with E-state index in [4.69, 9.17) is 14.6 Å². The Hall–Kier alpha value is -3.55. The van der Waals surface area contributed by atoms with Crippen LogP contribution in [0.1, 0.15) is 30.4 Å². The molecule has 0 spiro atoms. The minimum absolute atomic E-state index is 0.0650. The SMILES string of the molecule is O=C(O)CCN(CCCCNC(=O)OCc1ccccc1)C(=O)OCc1ccccc1. The number of carboxylic acids is 1. The molecule has 0 aromatic heterocycles. The number of benzene rings is 2.